The van der Waals surface area contributed by atoms with Gasteiger partial charge in [-0.25, -0.2) is 14.8 Å². The molecular formula is C14H13N5O3. The number of ether oxygens (including phenoxy) is 2. The maximum Gasteiger partial charge on any atom is 0.332 e. The first-order valence-electron chi connectivity index (χ1n) is 6.39. The van der Waals surface area contributed by atoms with Gasteiger partial charge in [-0.05, 0) is 0 Å². The number of nitrogens with zero attached hydrogens (tertiary/aromatic N) is 4. The number of hydrogen-bond acceptors (Lipinski definition) is 6. The highest BCUT2D eigenvalue weighted by Crippen LogP contribution is 2.31. The van der Waals surface area contributed by atoms with E-state index in [2.05, 4.69) is 20.3 Å². The predicted octanol–water partition coefficient (Wildman–Crippen LogP) is 1.92. The minimum atomic E-state index is -0.393. The van der Waals surface area contributed by atoms with Crippen LogP contribution in [0.3, 0.4) is 0 Å². The number of benzene rings is 1. The fourth-order valence-corrected chi connectivity index (χ4v) is 2.03. The summed E-state index contributed by atoms with van der Waals surface area (Å²) in [7, 11) is 3.07. The molecule has 22 heavy (non-hydrogen) atoms. The molecular weight excluding hydrogens is 286 g/mol. The summed E-state index contributed by atoms with van der Waals surface area (Å²) < 4.78 is 11.8. The standard InChI is InChI=1S/C14H13N5O3/c1-21-11-5-9-10(6-12(11)22-2)19(8-17-9)14(20)18-13-7-15-3-4-16-13/h3-8H,1-2H3,(H,16,18,20). The van der Waals surface area contributed by atoms with E-state index in [4.69, 9.17) is 9.47 Å². The van der Waals surface area contributed by atoms with Gasteiger partial charge in [-0.15, -0.1) is 0 Å². The zero-order valence-electron chi connectivity index (χ0n) is 12.0. The van der Waals surface area contributed by atoms with Crippen molar-refractivity contribution in [3.63, 3.8) is 0 Å². The number of fused-ring (bicyclic) bond motifs is 1. The molecule has 112 valence electrons. The fourth-order valence-electron chi connectivity index (χ4n) is 2.03. The van der Waals surface area contributed by atoms with Crippen molar-refractivity contribution in [2.45, 2.75) is 0 Å². The van der Waals surface area contributed by atoms with Crippen molar-refractivity contribution in [2.75, 3.05) is 19.5 Å². The molecule has 1 N–H and O–H groups in total. The Morgan fingerprint density at radius 3 is 2.59 bits per heavy atom. The third kappa shape index (κ3) is 2.41. The zero-order chi connectivity index (χ0) is 15.5. The van der Waals surface area contributed by atoms with E-state index in [0.29, 0.717) is 28.4 Å². The smallest absolute Gasteiger partial charge is 0.332 e. The molecule has 0 unspecified atom stereocenters. The molecule has 0 saturated heterocycles. The molecule has 0 bridgehead atoms. The third-order valence-electron chi connectivity index (χ3n) is 3.07. The normalized spacial score (nSPS) is 10.5. The fraction of sp³-hybridized carbons (Fsp3) is 0.143. The van der Waals surface area contributed by atoms with Gasteiger partial charge in [-0.1, -0.05) is 0 Å². The number of aromatic nitrogens is 4. The Hall–Kier alpha value is -3.16. The van der Waals surface area contributed by atoms with E-state index in [1.54, 1.807) is 19.2 Å². The molecule has 8 heteroatoms. The van der Waals surface area contributed by atoms with Crippen LogP contribution in [-0.4, -0.2) is 39.8 Å². The minimum Gasteiger partial charge on any atom is -0.493 e. The number of carbonyl (C=O) groups is 1. The molecule has 0 aliphatic heterocycles. The largest absolute Gasteiger partial charge is 0.493 e. The van der Waals surface area contributed by atoms with Crippen molar-refractivity contribution in [3.05, 3.63) is 37.1 Å². The van der Waals surface area contributed by atoms with Gasteiger partial charge in [0.15, 0.2) is 17.3 Å². The van der Waals surface area contributed by atoms with Crippen LogP contribution in [0.5, 0.6) is 11.5 Å². The van der Waals surface area contributed by atoms with Gasteiger partial charge in [0.1, 0.15) is 6.33 Å². The van der Waals surface area contributed by atoms with Crippen molar-refractivity contribution in [1.29, 1.82) is 0 Å². The van der Waals surface area contributed by atoms with Gasteiger partial charge in [-0.2, -0.15) is 0 Å². The summed E-state index contributed by atoms with van der Waals surface area (Å²) in [6.07, 6.45) is 5.91. The summed E-state index contributed by atoms with van der Waals surface area (Å²) in [5.74, 6) is 1.42. The van der Waals surface area contributed by atoms with Gasteiger partial charge < -0.3 is 9.47 Å². The summed E-state index contributed by atoms with van der Waals surface area (Å²) in [4.78, 5) is 24.4. The Bertz CT molecular complexity index is 816. The Morgan fingerprint density at radius 2 is 1.91 bits per heavy atom. The van der Waals surface area contributed by atoms with Crippen molar-refractivity contribution in [3.8, 4) is 11.5 Å². The van der Waals surface area contributed by atoms with Crippen LogP contribution in [-0.2, 0) is 0 Å². The number of hydrogen-bond donors (Lipinski definition) is 1. The second-order valence-corrected chi connectivity index (χ2v) is 4.33. The van der Waals surface area contributed by atoms with Crippen LogP contribution in [0, 0.1) is 0 Å². The molecule has 3 aromatic rings. The van der Waals surface area contributed by atoms with Crippen LogP contribution in [0.1, 0.15) is 0 Å². The molecule has 0 saturated carbocycles. The summed E-state index contributed by atoms with van der Waals surface area (Å²) in [6, 6.07) is 3.01. The van der Waals surface area contributed by atoms with E-state index in [1.165, 1.54) is 36.6 Å². The number of anilines is 1. The van der Waals surface area contributed by atoms with Gasteiger partial charge >= 0.3 is 6.03 Å². The second kappa shape index (κ2) is 5.68. The van der Waals surface area contributed by atoms with Crippen LogP contribution >= 0.6 is 0 Å². The molecule has 1 amide bonds. The monoisotopic (exact) mass is 299 g/mol. The van der Waals surface area contributed by atoms with E-state index in [0.717, 1.165) is 0 Å². The third-order valence-corrected chi connectivity index (χ3v) is 3.07. The zero-order valence-corrected chi connectivity index (χ0v) is 12.0. The van der Waals surface area contributed by atoms with Crippen molar-refractivity contribution in [2.24, 2.45) is 0 Å². The molecule has 1 aromatic carbocycles. The highest BCUT2D eigenvalue weighted by Gasteiger charge is 2.14. The average molecular weight is 299 g/mol. The van der Waals surface area contributed by atoms with E-state index in [1.807, 2.05) is 0 Å². The minimum absolute atomic E-state index is 0.356. The van der Waals surface area contributed by atoms with E-state index >= 15 is 0 Å². The quantitative estimate of drug-likeness (QED) is 0.794. The molecule has 2 heterocycles. The lowest BCUT2D eigenvalue weighted by Crippen LogP contribution is -2.19. The lowest BCUT2D eigenvalue weighted by molar-refractivity contribution is 0.254. The van der Waals surface area contributed by atoms with Crippen LogP contribution in [0.15, 0.2) is 37.1 Å². The van der Waals surface area contributed by atoms with Gasteiger partial charge in [0.2, 0.25) is 0 Å². The van der Waals surface area contributed by atoms with Crippen LogP contribution in [0.2, 0.25) is 0 Å². The first-order chi connectivity index (χ1) is 10.7. The van der Waals surface area contributed by atoms with E-state index < -0.39 is 6.03 Å². The Kier molecular flexibility index (Phi) is 3.57. The number of amides is 1. The second-order valence-electron chi connectivity index (χ2n) is 4.33. The number of imidazole rings is 1. The number of rotatable bonds is 3. The van der Waals surface area contributed by atoms with Crippen LogP contribution in [0.4, 0.5) is 10.6 Å². The summed E-state index contributed by atoms with van der Waals surface area (Å²) in [5.41, 5.74) is 1.21. The molecule has 3 rings (SSSR count). The summed E-state index contributed by atoms with van der Waals surface area (Å²) in [6.45, 7) is 0. The van der Waals surface area contributed by atoms with Gasteiger partial charge in [0.25, 0.3) is 0 Å². The number of carbonyl (C=O) groups excluding carboxylic acids is 1. The lowest BCUT2D eigenvalue weighted by atomic mass is 10.2. The lowest BCUT2D eigenvalue weighted by Gasteiger charge is -2.09. The number of nitrogens with one attached hydrogen (secondary N) is 1. The summed E-state index contributed by atoms with van der Waals surface area (Å²) in [5, 5.41) is 2.64. The topological polar surface area (TPSA) is 91.2 Å². The Balaban J connectivity index is 1.98. The molecule has 0 aliphatic rings. The first kappa shape index (κ1) is 13.8. The molecule has 0 radical (unpaired) electrons. The number of methoxy groups -OCH3 is 2. The van der Waals surface area contributed by atoms with Gasteiger partial charge in [0.05, 0.1) is 31.4 Å². The molecule has 0 fully saturated rings. The summed E-state index contributed by atoms with van der Waals surface area (Å²) >= 11 is 0. The maximum absolute atomic E-state index is 12.3. The highest BCUT2D eigenvalue weighted by atomic mass is 16.5. The molecule has 0 aliphatic carbocycles. The van der Waals surface area contributed by atoms with Crippen LogP contribution < -0.4 is 14.8 Å². The van der Waals surface area contributed by atoms with Gasteiger partial charge in [0, 0.05) is 24.5 Å². The SMILES string of the molecule is COc1cc2ncn(C(=O)Nc3cnccn3)c2cc1OC. The van der Waals surface area contributed by atoms with Crippen molar-refractivity contribution in [1.82, 2.24) is 19.5 Å². The molecule has 8 nitrogen and oxygen atoms in total. The Morgan fingerprint density at radius 1 is 1.14 bits per heavy atom. The first-order valence-corrected chi connectivity index (χ1v) is 6.39. The van der Waals surface area contributed by atoms with Crippen LogP contribution in [0.25, 0.3) is 11.0 Å². The van der Waals surface area contributed by atoms with Crippen molar-refractivity contribution >= 4 is 22.9 Å². The van der Waals surface area contributed by atoms with E-state index in [-0.39, 0.29) is 0 Å². The molecule has 2 aromatic heterocycles. The predicted molar refractivity (Wildman–Crippen MR) is 79.3 cm³/mol. The van der Waals surface area contributed by atoms with Crippen molar-refractivity contribution < 1.29 is 14.3 Å². The van der Waals surface area contributed by atoms with Gasteiger partial charge in [-0.3, -0.25) is 14.9 Å². The molecule has 0 spiro atoms. The van der Waals surface area contributed by atoms with E-state index in [9.17, 15) is 4.79 Å². The maximum atomic E-state index is 12.3. The average Bonchev–Trinajstić information content (AvgIpc) is 2.97. The molecule has 0 atom stereocenters. The Labute approximate surface area is 125 Å². The highest BCUT2D eigenvalue weighted by molar-refractivity contribution is 5.97.